The van der Waals surface area contributed by atoms with Gasteiger partial charge in [0.1, 0.15) is 6.61 Å². The number of carbonyl (C=O) groups is 1. The molecule has 2 nitrogen and oxygen atoms in total. The maximum Gasteiger partial charge on any atom is 0.305 e. The molecule has 0 radical (unpaired) electrons. The van der Waals surface area contributed by atoms with E-state index in [0.29, 0.717) is 18.8 Å². The van der Waals surface area contributed by atoms with E-state index in [9.17, 15) is 4.79 Å². The second kappa shape index (κ2) is 24.6. The van der Waals surface area contributed by atoms with E-state index < -0.39 is 0 Å². The molecule has 0 atom stereocenters. The first-order valence-corrected chi connectivity index (χ1v) is 12.9. The standard InChI is InChI=1S/C25H48O2S/c1-2-3-4-5-6-7-8-9-10-11-12-13-14-15-16-17-18-19-20-21-22-25(26)27-23-24-28/h11-12,28H,2-10,13-24H2,1H3/b12-11+. The number of hydrogen-bond acceptors (Lipinski definition) is 3. The molecule has 0 fully saturated rings. The van der Waals surface area contributed by atoms with Crippen molar-refractivity contribution in [3.05, 3.63) is 12.2 Å². The van der Waals surface area contributed by atoms with Crippen LogP contribution in [-0.2, 0) is 9.53 Å². The first-order valence-electron chi connectivity index (χ1n) is 12.2. The number of rotatable bonds is 22. The Hall–Kier alpha value is -0.440. The fraction of sp³-hybridized carbons (Fsp3) is 0.880. The Balaban J connectivity index is 3.13. The number of carbonyl (C=O) groups excluding carboxylic acids is 1. The minimum absolute atomic E-state index is 0.0653. The van der Waals surface area contributed by atoms with E-state index in [1.54, 1.807) is 0 Å². The molecule has 0 saturated heterocycles. The summed E-state index contributed by atoms with van der Waals surface area (Å²) in [5.41, 5.74) is 0. The third-order valence-corrected chi connectivity index (χ3v) is 5.43. The Labute approximate surface area is 181 Å². The van der Waals surface area contributed by atoms with E-state index in [1.807, 2.05) is 0 Å². The summed E-state index contributed by atoms with van der Waals surface area (Å²) in [4.78, 5) is 11.3. The van der Waals surface area contributed by atoms with Crippen LogP contribution in [0.3, 0.4) is 0 Å². The molecule has 0 aromatic rings. The highest BCUT2D eigenvalue weighted by molar-refractivity contribution is 7.80. The molecule has 0 rings (SSSR count). The summed E-state index contributed by atoms with van der Waals surface area (Å²) in [6.45, 7) is 2.72. The van der Waals surface area contributed by atoms with Gasteiger partial charge in [0.2, 0.25) is 0 Å². The van der Waals surface area contributed by atoms with Gasteiger partial charge in [-0.2, -0.15) is 12.6 Å². The molecule has 0 heterocycles. The topological polar surface area (TPSA) is 26.3 Å². The fourth-order valence-electron chi connectivity index (χ4n) is 3.46. The van der Waals surface area contributed by atoms with Crippen LogP contribution in [0.2, 0.25) is 0 Å². The van der Waals surface area contributed by atoms with Crippen LogP contribution in [0.5, 0.6) is 0 Å². The highest BCUT2D eigenvalue weighted by atomic mass is 32.1. The first-order chi connectivity index (χ1) is 13.8. The predicted molar refractivity (Wildman–Crippen MR) is 127 cm³/mol. The van der Waals surface area contributed by atoms with E-state index in [-0.39, 0.29) is 5.97 Å². The summed E-state index contributed by atoms with van der Waals surface area (Å²) in [6, 6.07) is 0. The Morgan fingerprint density at radius 3 is 1.57 bits per heavy atom. The Morgan fingerprint density at radius 2 is 1.11 bits per heavy atom. The lowest BCUT2D eigenvalue weighted by molar-refractivity contribution is -0.143. The number of esters is 1. The maximum atomic E-state index is 11.3. The highest BCUT2D eigenvalue weighted by Crippen LogP contribution is 2.12. The molecule has 0 N–H and O–H groups in total. The predicted octanol–water partition coefficient (Wildman–Crippen LogP) is 8.45. The molecule has 0 bridgehead atoms. The number of hydrogen-bond donors (Lipinski definition) is 1. The minimum Gasteiger partial charge on any atom is -0.465 e. The lowest BCUT2D eigenvalue weighted by Crippen LogP contribution is -2.06. The fourth-order valence-corrected chi connectivity index (χ4v) is 3.55. The quantitative estimate of drug-likeness (QED) is 0.0835. The van der Waals surface area contributed by atoms with Crippen molar-refractivity contribution in [3.63, 3.8) is 0 Å². The molecule has 0 aliphatic heterocycles. The smallest absolute Gasteiger partial charge is 0.305 e. The van der Waals surface area contributed by atoms with Gasteiger partial charge >= 0.3 is 5.97 Å². The molecule has 0 aliphatic carbocycles. The Morgan fingerprint density at radius 1 is 0.679 bits per heavy atom. The molecule has 0 saturated carbocycles. The zero-order valence-electron chi connectivity index (χ0n) is 18.8. The van der Waals surface area contributed by atoms with E-state index in [1.165, 1.54) is 103 Å². The van der Waals surface area contributed by atoms with Crippen molar-refractivity contribution < 1.29 is 9.53 Å². The van der Waals surface area contributed by atoms with Gasteiger partial charge in [0.25, 0.3) is 0 Å². The van der Waals surface area contributed by atoms with Crippen molar-refractivity contribution in [1.82, 2.24) is 0 Å². The zero-order valence-corrected chi connectivity index (χ0v) is 19.7. The van der Waals surface area contributed by atoms with Crippen molar-refractivity contribution in [2.45, 2.75) is 129 Å². The van der Waals surface area contributed by atoms with E-state index >= 15 is 0 Å². The van der Waals surface area contributed by atoms with Crippen molar-refractivity contribution in [2.24, 2.45) is 0 Å². The zero-order chi connectivity index (χ0) is 20.5. The van der Waals surface area contributed by atoms with Crippen LogP contribution in [0, 0.1) is 0 Å². The van der Waals surface area contributed by atoms with Gasteiger partial charge < -0.3 is 4.74 Å². The van der Waals surface area contributed by atoms with Crippen LogP contribution in [0.4, 0.5) is 0 Å². The summed E-state index contributed by atoms with van der Waals surface area (Å²) < 4.78 is 5.01. The van der Waals surface area contributed by atoms with Crippen LogP contribution in [0.15, 0.2) is 12.2 Å². The van der Waals surface area contributed by atoms with E-state index in [4.69, 9.17) is 4.74 Å². The van der Waals surface area contributed by atoms with Gasteiger partial charge in [0, 0.05) is 12.2 Å². The number of unbranched alkanes of at least 4 members (excludes halogenated alkanes) is 16. The van der Waals surface area contributed by atoms with Crippen molar-refractivity contribution in [2.75, 3.05) is 12.4 Å². The molecule has 0 unspecified atom stereocenters. The molecule has 0 spiro atoms. The second-order valence-electron chi connectivity index (χ2n) is 8.05. The molecule has 28 heavy (non-hydrogen) atoms. The van der Waals surface area contributed by atoms with Crippen LogP contribution in [0.25, 0.3) is 0 Å². The van der Waals surface area contributed by atoms with Crippen LogP contribution in [0.1, 0.15) is 129 Å². The largest absolute Gasteiger partial charge is 0.465 e. The summed E-state index contributed by atoms with van der Waals surface area (Å²) >= 11 is 4.03. The molecule has 0 aromatic heterocycles. The van der Waals surface area contributed by atoms with Gasteiger partial charge in [-0.25, -0.2) is 0 Å². The monoisotopic (exact) mass is 412 g/mol. The van der Waals surface area contributed by atoms with Gasteiger partial charge in [-0.15, -0.1) is 0 Å². The Bertz CT molecular complexity index is 341. The van der Waals surface area contributed by atoms with Crippen molar-refractivity contribution in [1.29, 1.82) is 0 Å². The van der Waals surface area contributed by atoms with Crippen LogP contribution in [-0.4, -0.2) is 18.3 Å². The molecular formula is C25H48O2S. The summed E-state index contributed by atoms with van der Waals surface area (Å²) in [6.07, 6.45) is 29.2. The Kier molecular flexibility index (Phi) is 24.2. The lowest BCUT2D eigenvalue weighted by atomic mass is 10.1. The summed E-state index contributed by atoms with van der Waals surface area (Å²) in [5.74, 6) is 0.547. The summed E-state index contributed by atoms with van der Waals surface area (Å²) in [5, 5.41) is 0. The van der Waals surface area contributed by atoms with Gasteiger partial charge in [-0.05, 0) is 32.1 Å². The number of allylic oxidation sites excluding steroid dienone is 2. The van der Waals surface area contributed by atoms with E-state index in [2.05, 4.69) is 31.7 Å². The summed E-state index contributed by atoms with van der Waals surface area (Å²) in [7, 11) is 0. The molecule has 0 aliphatic rings. The average Bonchev–Trinajstić information content (AvgIpc) is 2.70. The van der Waals surface area contributed by atoms with Gasteiger partial charge in [-0.3, -0.25) is 4.79 Å². The van der Waals surface area contributed by atoms with Gasteiger partial charge in [0.05, 0.1) is 0 Å². The normalized spacial score (nSPS) is 11.4. The minimum atomic E-state index is -0.0653. The SMILES string of the molecule is CCCCCCCCCC/C=C/CCCCCCCCCCC(=O)OCCS. The molecule has 0 amide bonds. The second-order valence-corrected chi connectivity index (χ2v) is 8.49. The van der Waals surface area contributed by atoms with Crippen molar-refractivity contribution >= 4 is 18.6 Å². The van der Waals surface area contributed by atoms with Crippen LogP contribution < -0.4 is 0 Å². The van der Waals surface area contributed by atoms with E-state index in [0.717, 1.165) is 12.8 Å². The first kappa shape index (κ1) is 27.6. The molecule has 3 heteroatoms. The molecule has 166 valence electrons. The lowest BCUT2D eigenvalue weighted by Gasteiger charge is -2.03. The average molecular weight is 413 g/mol. The maximum absolute atomic E-state index is 11.3. The number of thiol groups is 1. The van der Waals surface area contributed by atoms with Crippen LogP contribution >= 0.6 is 12.6 Å². The van der Waals surface area contributed by atoms with Crippen molar-refractivity contribution in [3.8, 4) is 0 Å². The third kappa shape index (κ3) is 23.6. The van der Waals surface area contributed by atoms with Gasteiger partial charge in [0.15, 0.2) is 0 Å². The third-order valence-electron chi connectivity index (χ3n) is 5.25. The molecule has 0 aromatic carbocycles. The van der Waals surface area contributed by atoms with Gasteiger partial charge in [-0.1, -0.05) is 103 Å². The molecular weight excluding hydrogens is 364 g/mol. The number of ether oxygens (including phenoxy) is 1. The highest BCUT2D eigenvalue weighted by Gasteiger charge is 2.01.